The summed E-state index contributed by atoms with van der Waals surface area (Å²) in [6.07, 6.45) is 9.45. The van der Waals surface area contributed by atoms with Crippen molar-refractivity contribution in [1.29, 1.82) is 0 Å². The van der Waals surface area contributed by atoms with Crippen LogP contribution in [0.15, 0.2) is 24.5 Å². The largest absolute Gasteiger partial charge is 0.550 e. The Hall–Kier alpha value is -1.38. The number of aryl methyl sites for hydroxylation is 2. The monoisotopic (exact) mass is 237 g/mol. The summed E-state index contributed by atoms with van der Waals surface area (Å²) < 4.78 is 2.27. The third kappa shape index (κ3) is 9.54. The Bertz CT molecular complexity index is 303. The maximum atomic E-state index is 8.89. The molecule has 17 heavy (non-hydrogen) atoms. The highest BCUT2D eigenvalue weighted by Crippen LogP contribution is 1.97. The molecule has 0 radical (unpaired) electrons. The Kier molecular flexibility index (Phi) is 9.02. The topological polar surface area (TPSA) is 44.0 Å². The second kappa shape index (κ2) is 9.82. The lowest BCUT2D eigenvalue weighted by Gasteiger charge is -1.97. The standard InChI is InChI=1S/C12H20N.C2H4O2/c1-3-5-6-9-13-10-7-12(4-2)8-11-13;1-2(3)4/h7-8,10-11H,3-6,9H2,1-2H3;1H3,(H,3,4)/q+1;/p-1. The Morgan fingerprint density at radius 1 is 1.24 bits per heavy atom. The molecule has 0 amide bonds. The lowest BCUT2D eigenvalue weighted by atomic mass is 10.2. The summed E-state index contributed by atoms with van der Waals surface area (Å²) in [7, 11) is 0. The summed E-state index contributed by atoms with van der Waals surface area (Å²) in [4.78, 5) is 8.89. The SMILES string of the molecule is CC(=O)[O-].CCCCC[n+]1ccc(CC)cc1. The second-order valence-corrected chi connectivity index (χ2v) is 4.00. The lowest BCUT2D eigenvalue weighted by Crippen LogP contribution is -2.32. The number of hydrogen-bond acceptors (Lipinski definition) is 2. The third-order valence-corrected chi connectivity index (χ3v) is 2.39. The van der Waals surface area contributed by atoms with Crippen LogP contribution in [0.5, 0.6) is 0 Å². The van der Waals surface area contributed by atoms with Gasteiger partial charge in [-0.3, -0.25) is 0 Å². The van der Waals surface area contributed by atoms with Gasteiger partial charge in [-0.05, 0) is 25.3 Å². The van der Waals surface area contributed by atoms with Crippen LogP contribution in [-0.4, -0.2) is 5.97 Å². The van der Waals surface area contributed by atoms with Crippen LogP contribution in [0, 0.1) is 0 Å². The van der Waals surface area contributed by atoms with E-state index in [1.54, 1.807) is 0 Å². The summed E-state index contributed by atoms with van der Waals surface area (Å²) in [5, 5.41) is 8.89. The summed E-state index contributed by atoms with van der Waals surface area (Å²) in [6, 6.07) is 4.43. The van der Waals surface area contributed by atoms with E-state index in [-0.39, 0.29) is 0 Å². The molecule has 0 saturated heterocycles. The third-order valence-electron chi connectivity index (χ3n) is 2.39. The Labute approximate surface area is 104 Å². The van der Waals surface area contributed by atoms with Crippen molar-refractivity contribution >= 4 is 5.97 Å². The van der Waals surface area contributed by atoms with Gasteiger partial charge in [0.15, 0.2) is 12.4 Å². The fraction of sp³-hybridized carbons (Fsp3) is 0.571. The van der Waals surface area contributed by atoms with Crippen LogP contribution >= 0.6 is 0 Å². The molecule has 0 unspecified atom stereocenters. The maximum Gasteiger partial charge on any atom is 0.169 e. The van der Waals surface area contributed by atoms with E-state index in [9.17, 15) is 0 Å². The van der Waals surface area contributed by atoms with Crippen molar-refractivity contribution in [1.82, 2.24) is 0 Å². The minimum absolute atomic E-state index is 0.972. The maximum absolute atomic E-state index is 8.89. The van der Waals surface area contributed by atoms with Crippen LogP contribution in [0.2, 0.25) is 0 Å². The van der Waals surface area contributed by atoms with Crippen molar-refractivity contribution in [2.75, 3.05) is 0 Å². The van der Waals surface area contributed by atoms with Gasteiger partial charge in [0, 0.05) is 24.5 Å². The van der Waals surface area contributed by atoms with Crippen molar-refractivity contribution in [3.63, 3.8) is 0 Å². The molecule has 0 N–H and O–H groups in total. The van der Waals surface area contributed by atoms with Gasteiger partial charge in [0.25, 0.3) is 0 Å². The zero-order valence-electron chi connectivity index (χ0n) is 11.1. The predicted octanol–water partition coefficient (Wildman–Crippen LogP) is 1.48. The number of pyridine rings is 1. The average Bonchev–Trinajstić information content (AvgIpc) is 2.30. The van der Waals surface area contributed by atoms with Crippen molar-refractivity contribution < 1.29 is 14.5 Å². The number of aliphatic carboxylic acids is 1. The van der Waals surface area contributed by atoms with Gasteiger partial charge in [-0.2, -0.15) is 0 Å². The molecule has 0 aliphatic carbocycles. The van der Waals surface area contributed by atoms with Gasteiger partial charge >= 0.3 is 0 Å². The minimum Gasteiger partial charge on any atom is -0.550 e. The predicted molar refractivity (Wildman–Crippen MR) is 66.2 cm³/mol. The fourth-order valence-electron chi connectivity index (χ4n) is 1.42. The van der Waals surface area contributed by atoms with Crippen LogP contribution in [0.4, 0.5) is 0 Å². The Balaban J connectivity index is 0.000000557. The fourth-order valence-corrected chi connectivity index (χ4v) is 1.42. The number of carbonyl (C=O) groups excluding carboxylic acids is 1. The normalized spacial score (nSPS) is 9.35. The summed E-state index contributed by atoms with van der Waals surface area (Å²) in [5.41, 5.74) is 1.42. The molecule has 1 aromatic rings. The molecule has 0 aromatic carbocycles. The van der Waals surface area contributed by atoms with Crippen LogP contribution in [0.25, 0.3) is 0 Å². The second-order valence-electron chi connectivity index (χ2n) is 4.00. The number of rotatable bonds is 5. The van der Waals surface area contributed by atoms with Gasteiger partial charge in [-0.1, -0.05) is 20.3 Å². The van der Waals surface area contributed by atoms with Crippen molar-refractivity contribution in [2.24, 2.45) is 0 Å². The Morgan fingerprint density at radius 2 is 1.76 bits per heavy atom. The van der Waals surface area contributed by atoms with Gasteiger partial charge in [0.1, 0.15) is 6.54 Å². The van der Waals surface area contributed by atoms with E-state index in [4.69, 9.17) is 9.90 Å². The van der Waals surface area contributed by atoms with Gasteiger partial charge in [0.2, 0.25) is 0 Å². The quantitative estimate of drug-likeness (QED) is 0.575. The van der Waals surface area contributed by atoms with Gasteiger partial charge in [0.05, 0.1) is 0 Å². The van der Waals surface area contributed by atoms with Crippen molar-refractivity contribution in [3.8, 4) is 0 Å². The zero-order chi connectivity index (χ0) is 13.1. The molecule has 0 fully saturated rings. The highest BCUT2D eigenvalue weighted by atomic mass is 16.4. The van der Waals surface area contributed by atoms with E-state index in [1.165, 1.54) is 24.8 Å². The first-order valence-corrected chi connectivity index (χ1v) is 6.25. The summed E-state index contributed by atoms with van der Waals surface area (Å²) in [5.74, 6) is -1.08. The first-order chi connectivity index (χ1) is 8.10. The number of nitrogens with zero attached hydrogens (tertiary/aromatic N) is 1. The van der Waals surface area contributed by atoms with Crippen LogP contribution in [0.3, 0.4) is 0 Å². The molecule has 3 heteroatoms. The number of hydrogen-bond donors (Lipinski definition) is 0. The van der Waals surface area contributed by atoms with Crippen LogP contribution < -0.4 is 9.67 Å². The van der Waals surface area contributed by atoms with E-state index >= 15 is 0 Å². The molecule has 0 aliphatic heterocycles. The molecular formula is C14H23NO2. The molecule has 1 aromatic heterocycles. The first kappa shape index (κ1) is 15.6. The first-order valence-electron chi connectivity index (χ1n) is 6.25. The molecular weight excluding hydrogens is 214 g/mol. The number of carbonyl (C=O) groups is 1. The van der Waals surface area contributed by atoms with Gasteiger partial charge in [-0.25, -0.2) is 4.57 Å². The molecule has 1 rings (SSSR count). The molecule has 0 atom stereocenters. The van der Waals surface area contributed by atoms with E-state index in [1.807, 2.05) is 0 Å². The molecule has 0 bridgehead atoms. The Morgan fingerprint density at radius 3 is 2.18 bits per heavy atom. The van der Waals surface area contributed by atoms with Crippen molar-refractivity contribution in [2.45, 2.75) is 53.0 Å². The molecule has 1 heterocycles. The lowest BCUT2D eigenvalue weighted by molar-refractivity contribution is -0.697. The van der Waals surface area contributed by atoms with Crippen molar-refractivity contribution in [3.05, 3.63) is 30.1 Å². The zero-order valence-corrected chi connectivity index (χ0v) is 11.1. The summed E-state index contributed by atoms with van der Waals surface area (Å²) in [6.45, 7) is 6.57. The number of aromatic nitrogens is 1. The molecule has 0 spiro atoms. The molecule has 3 nitrogen and oxygen atoms in total. The average molecular weight is 237 g/mol. The summed E-state index contributed by atoms with van der Waals surface area (Å²) >= 11 is 0. The highest BCUT2D eigenvalue weighted by Gasteiger charge is 1.98. The van der Waals surface area contributed by atoms with Crippen LogP contribution in [-0.2, 0) is 17.8 Å². The molecule has 0 aliphatic rings. The molecule has 0 saturated carbocycles. The molecule has 96 valence electrons. The van der Waals surface area contributed by atoms with E-state index in [0.717, 1.165) is 19.9 Å². The number of carboxylic acids is 1. The number of carboxylic acid groups (broad SMARTS) is 1. The number of unbranched alkanes of at least 4 members (excludes halogenated alkanes) is 2. The van der Waals surface area contributed by atoms with Gasteiger partial charge < -0.3 is 9.90 Å². The smallest absolute Gasteiger partial charge is 0.169 e. The van der Waals surface area contributed by atoms with E-state index < -0.39 is 5.97 Å². The highest BCUT2D eigenvalue weighted by molar-refractivity contribution is 5.60. The van der Waals surface area contributed by atoms with Gasteiger partial charge in [-0.15, -0.1) is 0 Å². The van der Waals surface area contributed by atoms with E-state index in [2.05, 4.69) is 42.9 Å². The van der Waals surface area contributed by atoms with E-state index in [0.29, 0.717) is 0 Å². The minimum atomic E-state index is -1.08. The van der Waals surface area contributed by atoms with Crippen LogP contribution in [0.1, 0.15) is 45.6 Å².